The van der Waals surface area contributed by atoms with Gasteiger partial charge in [-0.15, -0.1) is 0 Å². The third kappa shape index (κ3) is 6.68. The van der Waals surface area contributed by atoms with Gasteiger partial charge in [-0.1, -0.05) is 6.07 Å². The number of hydrogen-bond donors (Lipinski definition) is 3. The number of sulfonamides is 1. The zero-order valence-electron chi connectivity index (χ0n) is 22.9. The number of nitrogens with zero attached hydrogens (tertiary/aromatic N) is 5. The van der Waals surface area contributed by atoms with E-state index in [-0.39, 0.29) is 18.0 Å². The van der Waals surface area contributed by atoms with Crippen molar-refractivity contribution in [3.8, 4) is 11.3 Å². The topological polar surface area (TPSA) is 127 Å². The maximum atomic E-state index is 12.5. The number of carbonyl (C=O) groups excluding carboxylic acids is 1. The molecule has 12 heteroatoms. The van der Waals surface area contributed by atoms with Gasteiger partial charge in [0.1, 0.15) is 0 Å². The van der Waals surface area contributed by atoms with Crippen molar-refractivity contribution in [2.45, 2.75) is 37.8 Å². The van der Waals surface area contributed by atoms with E-state index in [2.05, 4.69) is 43.1 Å². The van der Waals surface area contributed by atoms with Gasteiger partial charge in [0, 0.05) is 72.8 Å². The van der Waals surface area contributed by atoms with Crippen LogP contribution >= 0.6 is 0 Å². The minimum Gasteiger partial charge on any atom is -0.367 e. The van der Waals surface area contributed by atoms with E-state index in [9.17, 15) is 13.2 Å². The van der Waals surface area contributed by atoms with Crippen LogP contribution in [0.5, 0.6) is 0 Å². The van der Waals surface area contributed by atoms with Crippen molar-refractivity contribution in [2.24, 2.45) is 0 Å². The van der Waals surface area contributed by atoms with Crippen LogP contribution < -0.4 is 14.9 Å². The van der Waals surface area contributed by atoms with E-state index in [1.54, 1.807) is 6.20 Å². The number of H-pyrrole nitrogens is 1. The van der Waals surface area contributed by atoms with Gasteiger partial charge in [-0.05, 0) is 58.0 Å². The number of anilines is 2. The highest BCUT2D eigenvalue weighted by molar-refractivity contribution is 7.88. The van der Waals surface area contributed by atoms with E-state index >= 15 is 0 Å². The van der Waals surface area contributed by atoms with Crippen LogP contribution in [0.3, 0.4) is 0 Å². The first-order chi connectivity index (χ1) is 18.7. The number of aromatic amines is 1. The number of aromatic nitrogens is 3. The van der Waals surface area contributed by atoms with Crippen molar-refractivity contribution < 1.29 is 13.2 Å². The molecule has 0 atom stereocenters. The summed E-state index contributed by atoms with van der Waals surface area (Å²) in [7, 11) is 0.642. The maximum absolute atomic E-state index is 12.5. The summed E-state index contributed by atoms with van der Waals surface area (Å²) in [6, 6.07) is 8.38. The van der Waals surface area contributed by atoms with E-state index in [4.69, 9.17) is 4.98 Å². The second-order valence-electron chi connectivity index (χ2n) is 10.9. The Morgan fingerprint density at radius 3 is 2.49 bits per heavy atom. The van der Waals surface area contributed by atoms with Gasteiger partial charge in [-0.2, -0.15) is 0 Å². The smallest absolute Gasteiger partial charge is 0.236 e. The molecular weight excluding hydrogens is 516 g/mol. The average molecular weight is 555 g/mol. The van der Waals surface area contributed by atoms with Crippen molar-refractivity contribution in [2.75, 3.05) is 63.3 Å². The molecule has 3 N–H and O–H groups in total. The van der Waals surface area contributed by atoms with E-state index in [1.807, 2.05) is 36.2 Å². The molecule has 0 spiro atoms. The number of benzene rings is 1. The predicted molar refractivity (Wildman–Crippen MR) is 154 cm³/mol. The molecule has 11 nitrogen and oxygen atoms in total. The van der Waals surface area contributed by atoms with Crippen LogP contribution in [-0.4, -0.2) is 104 Å². The van der Waals surface area contributed by atoms with Gasteiger partial charge in [0.25, 0.3) is 0 Å². The van der Waals surface area contributed by atoms with Crippen LogP contribution in [0.15, 0.2) is 36.7 Å². The van der Waals surface area contributed by atoms with Crippen molar-refractivity contribution >= 4 is 38.5 Å². The van der Waals surface area contributed by atoms with Crippen LogP contribution in [0.2, 0.25) is 0 Å². The number of nitrogens with one attached hydrogen (secondary N) is 3. The van der Waals surface area contributed by atoms with Crippen molar-refractivity contribution in [1.82, 2.24) is 29.5 Å². The SMILES string of the molecule is CN(C)CC(=O)N1CCN(c2cccc3[nH]cc(-c4ccnc(NC5CCC(NS(C)(=O)=O)CC5)n4)c23)CC1. The van der Waals surface area contributed by atoms with Gasteiger partial charge in [0.2, 0.25) is 21.9 Å². The summed E-state index contributed by atoms with van der Waals surface area (Å²) in [6.45, 7) is 3.38. The van der Waals surface area contributed by atoms with Crippen molar-refractivity contribution in [1.29, 1.82) is 0 Å². The lowest BCUT2D eigenvalue weighted by Crippen LogP contribution is -2.50. The number of rotatable bonds is 8. The summed E-state index contributed by atoms with van der Waals surface area (Å²) in [4.78, 5) is 31.5. The quantitative estimate of drug-likeness (QED) is 0.387. The standard InChI is InChI=1S/C27H38N8O3S/c1-33(2)18-25(36)35-15-13-34(14-16-35)24-6-4-5-23-26(24)21(17-29-23)22-11-12-28-27(31-22)30-19-7-9-20(10-8-19)32-39(3,37)38/h4-6,11-12,17,19-20,29,32H,7-10,13-16,18H2,1-3H3,(H,28,30,31). The first kappa shape index (κ1) is 27.4. The molecule has 2 aliphatic rings. The molecule has 3 heterocycles. The number of piperazine rings is 1. The summed E-state index contributed by atoms with van der Waals surface area (Å²) in [5, 5.41) is 4.57. The minimum atomic E-state index is -3.19. The molecule has 1 aromatic carbocycles. The number of hydrogen-bond acceptors (Lipinski definition) is 8. The number of likely N-dealkylation sites (N-methyl/N-ethyl adjacent to an activating group) is 1. The van der Waals surface area contributed by atoms with Crippen molar-refractivity contribution in [3.63, 3.8) is 0 Å². The Hall–Kier alpha value is -3.22. The lowest BCUT2D eigenvalue weighted by Gasteiger charge is -2.37. The molecule has 5 rings (SSSR count). The number of fused-ring (bicyclic) bond motifs is 1. The maximum Gasteiger partial charge on any atom is 0.236 e. The number of carbonyl (C=O) groups is 1. The molecule has 1 aliphatic carbocycles. The molecule has 0 radical (unpaired) electrons. The van der Waals surface area contributed by atoms with Gasteiger partial charge < -0.3 is 25.0 Å². The summed E-state index contributed by atoms with van der Waals surface area (Å²) in [6.07, 6.45) is 8.24. The lowest BCUT2D eigenvalue weighted by atomic mass is 9.92. The summed E-state index contributed by atoms with van der Waals surface area (Å²) < 4.78 is 25.8. The lowest BCUT2D eigenvalue weighted by molar-refractivity contribution is -0.132. The Morgan fingerprint density at radius 2 is 1.79 bits per heavy atom. The zero-order chi connectivity index (χ0) is 27.6. The molecule has 210 valence electrons. The Bertz CT molecular complexity index is 1410. The summed E-state index contributed by atoms with van der Waals surface area (Å²) in [5.74, 6) is 0.744. The highest BCUT2D eigenvalue weighted by Crippen LogP contribution is 2.36. The molecule has 3 aromatic rings. The van der Waals surface area contributed by atoms with E-state index < -0.39 is 10.0 Å². The summed E-state index contributed by atoms with van der Waals surface area (Å²) in [5.41, 5.74) is 4.02. The van der Waals surface area contributed by atoms with Gasteiger partial charge in [0.15, 0.2) is 0 Å². The summed E-state index contributed by atoms with van der Waals surface area (Å²) >= 11 is 0. The third-order valence-electron chi connectivity index (χ3n) is 7.48. The predicted octanol–water partition coefficient (Wildman–Crippen LogP) is 2.11. The normalized spacial score (nSPS) is 20.5. The Balaban J connectivity index is 1.30. The molecule has 2 aromatic heterocycles. The Morgan fingerprint density at radius 1 is 1.08 bits per heavy atom. The number of amides is 1. The second kappa shape index (κ2) is 11.5. The molecule has 2 fully saturated rings. The average Bonchev–Trinajstić information content (AvgIpc) is 3.33. The fourth-order valence-electron chi connectivity index (χ4n) is 5.62. The molecule has 1 amide bonds. The molecular formula is C27H38N8O3S. The van der Waals surface area contributed by atoms with Crippen LogP contribution in [0.1, 0.15) is 25.7 Å². The van der Waals surface area contributed by atoms with Gasteiger partial charge in [0.05, 0.1) is 18.5 Å². The van der Waals surface area contributed by atoms with E-state index in [1.165, 1.54) is 6.26 Å². The van der Waals surface area contributed by atoms with Crippen LogP contribution in [0.25, 0.3) is 22.2 Å². The Labute approximate surface area is 230 Å². The highest BCUT2D eigenvalue weighted by Gasteiger charge is 2.25. The first-order valence-corrected chi connectivity index (χ1v) is 15.4. The van der Waals surface area contributed by atoms with Gasteiger partial charge in [-0.25, -0.2) is 23.1 Å². The highest BCUT2D eigenvalue weighted by atomic mass is 32.2. The van der Waals surface area contributed by atoms with Gasteiger partial charge in [-0.3, -0.25) is 4.79 Å². The minimum absolute atomic E-state index is 0.0112. The first-order valence-electron chi connectivity index (χ1n) is 13.5. The fraction of sp³-hybridized carbons (Fsp3) is 0.519. The fourth-order valence-corrected chi connectivity index (χ4v) is 6.46. The molecule has 39 heavy (non-hydrogen) atoms. The Kier molecular flexibility index (Phi) is 8.06. The molecule has 0 unspecified atom stereocenters. The third-order valence-corrected chi connectivity index (χ3v) is 8.24. The van der Waals surface area contributed by atoms with Crippen LogP contribution in [-0.2, 0) is 14.8 Å². The zero-order valence-corrected chi connectivity index (χ0v) is 23.7. The van der Waals surface area contributed by atoms with Crippen LogP contribution in [0.4, 0.5) is 11.6 Å². The van der Waals surface area contributed by atoms with Gasteiger partial charge >= 0.3 is 0 Å². The molecule has 1 saturated carbocycles. The van der Waals surface area contributed by atoms with Crippen LogP contribution in [0, 0.1) is 0 Å². The van der Waals surface area contributed by atoms with E-state index in [0.717, 1.165) is 66.6 Å². The molecule has 0 bridgehead atoms. The van der Waals surface area contributed by atoms with E-state index in [0.29, 0.717) is 25.6 Å². The monoisotopic (exact) mass is 554 g/mol. The molecule has 1 saturated heterocycles. The second-order valence-corrected chi connectivity index (χ2v) is 12.6. The molecule has 1 aliphatic heterocycles. The van der Waals surface area contributed by atoms with Crippen molar-refractivity contribution in [3.05, 3.63) is 36.7 Å². The largest absolute Gasteiger partial charge is 0.367 e.